The molecule has 0 spiro atoms. The lowest BCUT2D eigenvalue weighted by Gasteiger charge is -2.27. The third-order valence-corrected chi connectivity index (χ3v) is 5.68. The SMILES string of the molecule is O=C(c1cc2cc(O)ccc2[nH]1)N1CCc2[nH]nc(-c3cc(Cl)c(O)cc3O)c2C1. The smallest absolute Gasteiger partial charge is 0.270 e. The lowest BCUT2D eigenvalue weighted by molar-refractivity contribution is 0.0729. The van der Waals surface area contributed by atoms with Crippen LogP contribution in [0.25, 0.3) is 22.2 Å². The highest BCUT2D eigenvalue weighted by Gasteiger charge is 2.28. The third-order valence-electron chi connectivity index (χ3n) is 5.38. The fourth-order valence-electron chi connectivity index (χ4n) is 3.84. The number of carbonyl (C=O) groups is 1. The van der Waals surface area contributed by atoms with E-state index < -0.39 is 0 Å². The van der Waals surface area contributed by atoms with Crippen LogP contribution >= 0.6 is 11.6 Å². The molecule has 5 N–H and O–H groups in total. The van der Waals surface area contributed by atoms with Crippen LogP contribution in [0, 0.1) is 0 Å². The summed E-state index contributed by atoms with van der Waals surface area (Å²) in [6.07, 6.45) is 0.585. The number of phenols is 3. The Morgan fingerprint density at radius 3 is 2.77 bits per heavy atom. The first-order valence-corrected chi connectivity index (χ1v) is 9.67. The molecule has 4 aromatic rings. The number of benzene rings is 2. The summed E-state index contributed by atoms with van der Waals surface area (Å²) in [4.78, 5) is 17.9. The van der Waals surface area contributed by atoms with E-state index in [1.807, 2.05) is 0 Å². The zero-order valence-corrected chi connectivity index (χ0v) is 16.4. The number of nitrogens with zero attached hydrogens (tertiary/aromatic N) is 2. The number of amides is 1. The molecule has 0 fully saturated rings. The molecular weight excluding hydrogens is 408 g/mol. The number of nitrogens with one attached hydrogen (secondary N) is 2. The maximum atomic E-state index is 13.1. The molecule has 0 radical (unpaired) electrons. The van der Waals surface area contributed by atoms with E-state index in [1.54, 1.807) is 29.2 Å². The zero-order chi connectivity index (χ0) is 21.0. The second-order valence-electron chi connectivity index (χ2n) is 7.28. The lowest BCUT2D eigenvalue weighted by Crippen LogP contribution is -2.36. The zero-order valence-electron chi connectivity index (χ0n) is 15.6. The molecule has 152 valence electrons. The second kappa shape index (κ2) is 6.70. The Balaban J connectivity index is 1.48. The van der Waals surface area contributed by atoms with E-state index in [9.17, 15) is 20.1 Å². The summed E-state index contributed by atoms with van der Waals surface area (Å²) < 4.78 is 0. The number of hydrogen-bond acceptors (Lipinski definition) is 5. The monoisotopic (exact) mass is 424 g/mol. The van der Waals surface area contributed by atoms with E-state index in [1.165, 1.54) is 12.1 Å². The fourth-order valence-corrected chi connectivity index (χ4v) is 4.00. The van der Waals surface area contributed by atoms with Crippen molar-refractivity contribution in [3.63, 3.8) is 0 Å². The van der Waals surface area contributed by atoms with Crippen LogP contribution in [0.4, 0.5) is 0 Å². The standard InChI is InChI=1S/C21H17ClN4O4/c22-14-7-12(18(28)8-19(14)29)20-13-9-26(4-3-16(13)24-25-20)21(30)17-6-10-5-11(27)1-2-15(10)23-17/h1-2,5-8,23,27-29H,3-4,9H2,(H,24,25). The van der Waals surface area contributed by atoms with Crippen molar-refractivity contribution in [2.75, 3.05) is 6.54 Å². The maximum Gasteiger partial charge on any atom is 0.270 e. The third kappa shape index (κ3) is 2.93. The number of fused-ring (bicyclic) bond motifs is 2. The van der Waals surface area contributed by atoms with Gasteiger partial charge in [0.1, 0.15) is 28.6 Å². The normalized spacial score (nSPS) is 13.6. The molecular formula is C21H17ClN4O4. The first kappa shape index (κ1) is 18.4. The second-order valence-corrected chi connectivity index (χ2v) is 7.69. The topological polar surface area (TPSA) is 125 Å². The van der Waals surface area contributed by atoms with Crippen LogP contribution in [-0.4, -0.2) is 47.9 Å². The molecule has 2 aromatic heterocycles. The van der Waals surface area contributed by atoms with Gasteiger partial charge in [0, 0.05) is 46.8 Å². The molecule has 1 amide bonds. The van der Waals surface area contributed by atoms with Gasteiger partial charge in [0.2, 0.25) is 0 Å². The fraction of sp³-hybridized carbons (Fsp3) is 0.143. The summed E-state index contributed by atoms with van der Waals surface area (Å²) in [5, 5.41) is 37.7. The average molecular weight is 425 g/mol. The van der Waals surface area contributed by atoms with Gasteiger partial charge in [-0.05, 0) is 30.3 Å². The van der Waals surface area contributed by atoms with Crippen molar-refractivity contribution < 1.29 is 20.1 Å². The number of carbonyl (C=O) groups excluding carboxylic acids is 1. The molecule has 2 aromatic carbocycles. The van der Waals surface area contributed by atoms with Crippen molar-refractivity contribution in [2.24, 2.45) is 0 Å². The molecule has 0 saturated carbocycles. The number of H-pyrrole nitrogens is 2. The lowest BCUT2D eigenvalue weighted by atomic mass is 10.00. The molecule has 8 nitrogen and oxygen atoms in total. The van der Waals surface area contributed by atoms with Crippen molar-refractivity contribution >= 4 is 28.4 Å². The number of phenolic OH excluding ortho intramolecular Hbond substituents is 3. The van der Waals surface area contributed by atoms with Crippen LogP contribution in [-0.2, 0) is 13.0 Å². The highest BCUT2D eigenvalue weighted by atomic mass is 35.5. The van der Waals surface area contributed by atoms with Crippen LogP contribution in [0.1, 0.15) is 21.7 Å². The number of aromatic hydroxyl groups is 3. The first-order chi connectivity index (χ1) is 14.4. The van der Waals surface area contributed by atoms with Gasteiger partial charge in [0.15, 0.2) is 0 Å². The number of aromatic nitrogens is 3. The minimum Gasteiger partial charge on any atom is -0.508 e. The molecule has 0 saturated heterocycles. The summed E-state index contributed by atoms with van der Waals surface area (Å²) in [6.45, 7) is 0.814. The quantitative estimate of drug-likeness (QED) is 0.336. The van der Waals surface area contributed by atoms with E-state index in [-0.39, 0.29) is 28.2 Å². The van der Waals surface area contributed by atoms with Crippen molar-refractivity contribution in [3.05, 3.63) is 58.4 Å². The van der Waals surface area contributed by atoms with E-state index in [0.717, 1.165) is 22.2 Å². The number of aromatic amines is 2. The molecule has 0 unspecified atom stereocenters. The summed E-state index contributed by atoms with van der Waals surface area (Å²) in [6, 6.07) is 9.23. The molecule has 9 heteroatoms. The van der Waals surface area contributed by atoms with Gasteiger partial charge >= 0.3 is 0 Å². The minimum absolute atomic E-state index is 0.102. The largest absolute Gasteiger partial charge is 0.508 e. The Morgan fingerprint density at radius 2 is 1.93 bits per heavy atom. The van der Waals surface area contributed by atoms with Gasteiger partial charge in [0.05, 0.1) is 11.6 Å². The molecule has 5 rings (SSSR count). The van der Waals surface area contributed by atoms with Crippen LogP contribution < -0.4 is 0 Å². The molecule has 0 aliphatic carbocycles. The van der Waals surface area contributed by atoms with Gasteiger partial charge in [-0.3, -0.25) is 9.89 Å². The summed E-state index contributed by atoms with van der Waals surface area (Å²) in [5.41, 5.74) is 3.75. The van der Waals surface area contributed by atoms with Gasteiger partial charge in [-0.25, -0.2) is 0 Å². The highest BCUT2D eigenvalue weighted by Crippen LogP contribution is 2.39. The van der Waals surface area contributed by atoms with E-state index in [4.69, 9.17) is 11.6 Å². The molecule has 3 heterocycles. The van der Waals surface area contributed by atoms with Crippen LogP contribution in [0.5, 0.6) is 17.2 Å². The summed E-state index contributed by atoms with van der Waals surface area (Å²) >= 11 is 6.01. The molecule has 0 bridgehead atoms. The van der Waals surface area contributed by atoms with Crippen LogP contribution in [0.3, 0.4) is 0 Å². The average Bonchev–Trinajstić information content (AvgIpc) is 3.33. The number of rotatable bonds is 2. The van der Waals surface area contributed by atoms with Gasteiger partial charge in [-0.1, -0.05) is 11.6 Å². The van der Waals surface area contributed by atoms with E-state index >= 15 is 0 Å². The Kier molecular flexibility index (Phi) is 4.11. The predicted octanol–water partition coefficient (Wildman–Crippen LogP) is 3.53. The molecule has 1 aliphatic heterocycles. The molecule has 1 aliphatic rings. The van der Waals surface area contributed by atoms with Crippen molar-refractivity contribution in [2.45, 2.75) is 13.0 Å². The molecule has 0 atom stereocenters. The maximum absolute atomic E-state index is 13.1. The Labute approximate surface area is 175 Å². The molecule has 30 heavy (non-hydrogen) atoms. The van der Waals surface area contributed by atoms with Gasteiger partial charge in [-0.15, -0.1) is 0 Å². The number of hydrogen-bond donors (Lipinski definition) is 5. The van der Waals surface area contributed by atoms with Crippen molar-refractivity contribution in [1.29, 1.82) is 0 Å². The van der Waals surface area contributed by atoms with Crippen molar-refractivity contribution in [1.82, 2.24) is 20.1 Å². The Morgan fingerprint density at radius 1 is 1.10 bits per heavy atom. The summed E-state index contributed by atoms with van der Waals surface area (Å²) in [5.74, 6) is -0.399. The highest BCUT2D eigenvalue weighted by molar-refractivity contribution is 6.32. The van der Waals surface area contributed by atoms with Crippen LogP contribution in [0.15, 0.2) is 36.4 Å². The minimum atomic E-state index is -0.219. The van der Waals surface area contributed by atoms with Gasteiger partial charge < -0.3 is 25.2 Å². The first-order valence-electron chi connectivity index (χ1n) is 9.29. The van der Waals surface area contributed by atoms with E-state index in [2.05, 4.69) is 15.2 Å². The Hall–Kier alpha value is -3.65. The van der Waals surface area contributed by atoms with Gasteiger partial charge in [-0.2, -0.15) is 5.10 Å². The van der Waals surface area contributed by atoms with Crippen LogP contribution in [0.2, 0.25) is 5.02 Å². The number of halogens is 1. The summed E-state index contributed by atoms with van der Waals surface area (Å²) in [7, 11) is 0. The van der Waals surface area contributed by atoms with Gasteiger partial charge in [0.25, 0.3) is 5.91 Å². The van der Waals surface area contributed by atoms with Crippen molar-refractivity contribution in [3.8, 4) is 28.5 Å². The Bertz CT molecular complexity index is 1310. The van der Waals surface area contributed by atoms with E-state index in [0.29, 0.717) is 36.5 Å². The predicted molar refractivity (Wildman–Crippen MR) is 111 cm³/mol.